The monoisotopic (exact) mass is 508 g/mol. The Morgan fingerprint density at radius 1 is 0.250 bits per heavy atom. The maximum absolute atomic E-state index is 2.33. The number of fused-ring (bicyclic) bond motifs is 14. The van der Waals surface area contributed by atoms with Crippen LogP contribution in [0, 0.1) is 0 Å². The van der Waals surface area contributed by atoms with Gasteiger partial charge in [0.15, 0.2) is 0 Å². The minimum atomic E-state index is 1.08. The van der Waals surface area contributed by atoms with E-state index < -0.39 is 0 Å². The minimum Gasteiger partial charge on any atom is -0.0619 e. The Morgan fingerprint density at radius 3 is 1.15 bits per heavy atom. The fraction of sp³-hybridized carbons (Fsp3) is 0.100. The van der Waals surface area contributed by atoms with Gasteiger partial charge < -0.3 is 0 Å². The first kappa shape index (κ1) is 22.2. The molecule has 0 atom stereocenters. The highest BCUT2D eigenvalue weighted by Gasteiger charge is 2.29. The van der Waals surface area contributed by atoms with E-state index in [1.54, 1.807) is 0 Å². The molecule has 10 rings (SSSR count). The smallest absolute Gasteiger partial charge is 0.000718 e. The first-order valence-electron chi connectivity index (χ1n) is 14.5. The second-order valence-electron chi connectivity index (χ2n) is 11.6. The van der Waals surface area contributed by atoms with Crippen LogP contribution in [0.2, 0.25) is 0 Å². The van der Waals surface area contributed by atoms with Gasteiger partial charge in [0.25, 0.3) is 0 Å². The van der Waals surface area contributed by atoms with E-state index in [2.05, 4.69) is 121 Å². The summed E-state index contributed by atoms with van der Waals surface area (Å²) in [7, 11) is 0. The van der Waals surface area contributed by atoms with Crippen LogP contribution in [0.3, 0.4) is 0 Å². The van der Waals surface area contributed by atoms with Crippen molar-refractivity contribution in [3.63, 3.8) is 0 Å². The first-order chi connectivity index (χ1) is 19.8. The average Bonchev–Trinajstić information content (AvgIpc) is 3.76. The summed E-state index contributed by atoms with van der Waals surface area (Å²) >= 11 is 0. The van der Waals surface area contributed by atoms with E-state index in [0.717, 1.165) is 25.7 Å². The Balaban J connectivity index is 0.000000115. The molecule has 0 N–H and O–H groups in total. The molecule has 0 heteroatoms. The second-order valence-corrected chi connectivity index (χ2v) is 11.6. The van der Waals surface area contributed by atoms with Gasteiger partial charge in [-0.3, -0.25) is 0 Å². The maximum Gasteiger partial charge on any atom is -0.000718 e. The highest BCUT2D eigenvalue weighted by Crippen LogP contribution is 2.49. The summed E-state index contributed by atoms with van der Waals surface area (Å²) in [6.45, 7) is 0. The van der Waals surface area contributed by atoms with Crippen LogP contribution in [-0.2, 0) is 25.7 Å². The lowest BCUT2D eigenvalue weighted by Gasteiger charge is -2.10. The molecule has 6 aromatic carbocycles. The highest BCUT2D eigenvalue weighted by molar-refractivity contribution is 5.95. The highest BCUT2D eigenvalue weighted by atomic mass is 14.3. The largest absolute Gasteiger partial charge is 0.0619 e. The van der Waals surface area contributed by atoms with E-state index in [1.165, 1.54) is 89.0 Å². The molecule has 4 aliphatic carbocycles. The summed E-state index contributed by atoms with van der Waals surface area (Å²) in [4.78, 5) is 0. The van der Waals surface area contributed by atoms with Crippen molar-refractivity contribution >= 4 is 0 Å². The van der Waals surface area contributed by atoms with Crippen LogP contribution in [0.25, 0.3) is 44.5 Å². The molecule has 6 aromatic rings. The van der Waals surface area contributed by atoms with Gasteiger partial charge in [-0.25, -0.2) is 0 Å². The second kappa shape index (κ2) is 8.41. The van der Waals surface area contributed by atoms with Crippen molar-refractivity contribution in [2.45, 2.75) is 25.7 Å². The molecule has 0 unspecified atom stereocenters. The molecule has 0 amide bonds. The van der Waals surface area contributed by atoms with Crippen molar-refractivity contribution in [2.75, 3.05) is 0 Å². The van der Waals surface area contributed by atoms with Gasteiger partial charge in [-0.15, -0.1) is 0 Å². The van der Waals surface area contributed by atoms with E-state index in [4.69, 9.17) is 0 Å². The fourth-order valence-electron chi connectivity index (χ4n) is 7.71. The summed E-state index contributed by atoms with van der Waals surface area (Å²) < 4.78 is 0. The van der Waals surface area contributed by atoms with Gasteiger partial charge in [0.05, 0.1) is 0 Å². The molecule has 0 heterocycles. The SMILES string of the molecule is c1ccc2c(c1)Cc1c-2ccc2c1-c1ccccc1C2.c1ccc2c(c1)Cc1ccc3c(c1-2)-c1ccccc1C3. The van der Waals surface area contributed by atoms with E-state index in [1.807, 2.05) is 0 Å². The molecule has 0 radical (unpaired) electrons. The van der Waals surface area contributed by atoms with Crippen LogP contribution in [0.1, 0.15) is 44.5 Å². The van der Waals surface area contributed by atoms with Gasteiger partial charge in [0.2, 0.25) is 0 Å². The van der Waals surface area contributed by atoms with Gasteiger partial charge in [-0.2, -0.15) is 0 Å². The van der Waals surface area contributed by atoms with Crippen molar-refractivity contribution in [1.82, 2.24) is 0 Å². The zero-order valence-electron chi connectivity index (χ0n) is 22.4. The Hall–Kier alpha value is -4.68. The molecule has 188 valence electrons. The fourth-order valence-corrected chi connectivity index (χ4v) is 7.71. The Bertz CT molecular complexity index is 1930. The van der Waals surface area contributed by atoms with Crippen LogP contribution in [0.5, 0.6) is 0 Å². The van der Waals surface area contributed by atoms with Crippen LogP contribution >= 0.6 is 0 Å². The molecule has 4 aliphatic rings. The zero-order valence-corrected chi connectivity index (χ0v) is 22.4. The minimum absolute atomic E-state index is 1.08. The van der Waals surface area contributed by atoms with E-state index >= 15 is 0 Å². The normalized spacial score (nSPS) is 13.6. The molecule has 0 bridgehead atoms. The number of rotatable bonds is 0. The number of benzene rings is 6. The molecule has 0 fully saturated rings. The summed E-state index contributed by atoms with van der Waals surface area (Å²) in [5, 5.41) is 0. The van der Waals surface area contributed by atoms with Crippen molar-refractivity contribution in [1.29, 1.82) is 0 Å². The van der Waals surface area contributed by atoms with E-state index in [9.17, 15) is 0 Å². The van der Waals surface area contributed by atoms with Gasteiger partial charge in [-0.05, 0) is 115 Å². The van der Waals surface area contributed by atoms with Crippen molar-refractivity contribution in [3.8, 4) is 44.5 Å². The van der Waals surface area contributed by atoms with Gasteiger partial charge >= 0.3 is 0 Å². The van der Waals surface area contributed by atoms with Gasteiger partial charge in [0, 0.05) is 0 Å². The third-order valence-corrected chi connectivity index (χ3v) is 9.45. The summed E-state index contributed by atoms with van der Waals surface area (Å²) in [6, 6.07) is 44.7. The van der Waals surface area contributed by atoms with Crippen LogP contribution in [-0.4, -0.2) is 0 Å². The summed E-state index contributed by atoms with van der Waals surface area (Å²) in [5.41, 5.74) is 23.6. The lowest BCUT2D eigenvalue weighted by Crippen LogP contribution is -1.88. The predicted molar refractivity (Wildman–Crippen MR) is 166 cm³/mol. The standard InChI is InChI=1S/2C20H14/c1-3-7-16-14(6-1)12-19-18(16)10-9-15-11-13-5-2-4-8-17(13)20(15)19;1-3-7-17-13(5-1)11-15-9-10-16-12-14-6-2-4-8-18(14)20(16)19(15)17/h2*1-10H,11-12H2. The molecule has 0 nitrogen and oxygen atoms in total. The van der Waals surface area contributed by atoms with Crippen molar-refractivity contribution < 1.29 is 0 Å². The van der Waals surface area contributed by atoms with E-state index in [0.29, 0.717) is 0 Å². The van der Waals surface area contributed by atoms with Gasteiger partial charge in [-0.1, -0.05) is 121 Å². The van der Waals surface area contributed by atoms with Crippen LogP contribution in [0.15, 0.2) is 121 Å². The number of hydrogen-bond acceptors (Lipinski definition) is 0. The number of hydrogen-bond donors (Lipinski definition) is 0. The first-order valence-corrected chi connectivity index (χ1v) is 14.5. The predicted octanol–water partition coefficient (Wildman–Crippen LogP) is 9.66. The average molecular weight is 509 g/mol. The molecule has 0 saturated carbocycles. The molecule has 0 saturated heterocycles. The quantitative estimate of drug-likeness (QED) is 0.191. The topological polar surface area (TPSA) is 0 Å². The molecule has 0 spiro atoms. The summed E-state index contributed by atoms with van der Waals surface area (Å²) in [5.74, 6) is 0. The van der Waals surface area contributed by atoms with Crippen LogP contribution < -0.4 is 0 Å². The zero-order chi connectivity index (χ0) is 26.2. The molecular formula is C40H28. The lowest BCUT2D eigenvalue weighted by molar-refractivity contribution is 1.23. The lowest BCUT2D eigenvalue weighted by atomic mass is 9.94. The maximum atomic E-state index is 2.33. The summed E-state index contributed by atoms with van der Waals surface area (Å²) in [6.07, 6.45) is 4.35. The van der Waals surface area contributed by atoms with Crippen molar-refractivity contribution in [2.24, 2.45) is 0 Å². The Labute approximate surface area is 235 Å². The molecule has 0 aliphatic heterocycles. The van der Waals surface area contributed by atoms with Crippen molar-refractivity contribution in [3.05, 3.63) is 166 Å². The van der Waals surface area contributed by atoms with E-state index in [-0.39, 0.29) is 0 Å². The van der Waals surface area contributed by atoms with Gasteiger partial charge in [0.1, 0.15) is 0 Å². The molecular weight excluding hydrogens is 480 g/mol. The third-order valence-electron chi connectivity index (χ3n) is 9.45. The molecule has 40 heavy (non-hydrogen) atoms. The third kappa shape index (κ3) is 3.14. The molecule has 0 aromatic heterocycles. The Kier molecular flexibility index (Phi) is 4.66. The Morgan fingerprint density at radius 2 is 0.625 bits per heavy atom. The van der Waals surface area contributed by atoms with Crippen LogP contribution in [0.4, 0.5) is 0 Å².